The second-order valence-electron chi connectivity index (χ2n) is 4.84. The maximum atomic E-state index is 12.3. The van der Waals surface area contributed by atoms with Crippen LogP contribution in [0.25, 0.3) is 0 Å². The molecule has 1 fully saturated rings. The Kier molecular flexibility index (Phi) is 4.79. The Labute approximate surface area is 125 Å². The van der Waals surface area contributed by atoms with Crippen LogP contribution >= 0.6 is 27.3 Å². The van der Waals surface area contributed by atoms with Gasteiger partial charge in [-0.3, -0.25) is 9.59 Å². The molecule has 1 unspecified atom stereocenters. The van der Waals surface area contributed by atoms with Crippen LogP contribution in [0.3, 0.4) is 0 Å². The Hall–Kier alpha value is -0.680. The van der Waals surface area contributed by atoms with Gasteiger partial charge in [0.2, 0.25) is 0 Å². The largest absolute Gasteiger partial charge is 0.465 e. The minimum absolute atomic E-state index is 0.0433. The van der Waals surface area contributed by atoms with Crippen molar-refractivity contribution >= 4 is 39.0 Å². The third-order valence-electron chi connectivity index (χ3n) is 3.56. The predicted molar refractivity (Wildman–Crippen MR) is 78.3 cm³/mol. The molecule has 2 rings (SSSR count). The van der Waals surface area contributed by atoms with E-state index in [-0.39, 0.29) is 11.8 Å². The van der Waals surface area contributed by atoms with Gasteiger partial charge in [-0.15, -0.1) is 11.3 Å². The smallest absolute Gasteiger partial charge is 0.319 e. The summed E-state index contributed by atoms with van der Waals surface area (Å²) in [5.41, 5.74) is -0.946. The van der Waals surface area contributed by atoms with Crippen LogP contribution in [0.5, 0.6) is 0 Å². The van der Waals surface area contributed by atoms with Crippen LogP contribution in [0, 0.1) is 5.41 Å². The molecule has 0 aliphatic heterocycles. The fourth-order valence-corrected chi connectivity index (χ4v) is 4.14. The maximum Gasteiger partial charge on any atom is 0.319 e. The Morgan fingerprint density at radius 3 is 2.89 bits per heavy atom. The van der Waals surface area contributed by atoms with E-state index in [1.807, 2.05) is 11.4 Å². The van der Waals surface area contributed by atoms with Gasteiger partial charge in [-0.05, 0) is 41.8 Å². The van der Waals surface area contributed by atoms with Gasteiger partial charge < -0.3 is 4.74 Å². The lowest BCUT2D eigenvalue weighted by molar-refractivity contribution is -0.162. The number of esters is 1. The fraction of sp³-hybridized carbons (Fsp3) is 0.571. The zero-order valence-electron chi connectivity index (χ0n) is 10.9. The van der Waals surface area contributed by atoms with Crippen LogP contribution < -0.4 is 0 Å². The molecule has 0 N–H and O–H groups in total. The molecule has 0 spiro atoms. The lowest BCUT2D eigenvalue weighted by atomic mass is 9.70. The average Bonchev–Trinajstić information content (AvgIpc) is 2.78. The molecule has 3 nitrogen and oxygen atoms in total. The molecule has 1 atom stereocenters. The van der Waals surface area contributed by atoms with Crippen LogP contribution in [0.1, 0.15) is 37.5 Å². The summed E-state index contributed by atoms with van der Waals surface area (Å²) in [6.45, 7) is 2.10. The number of hydrogen-bond acceptors (Lipinski definition) is 4. The summed E-state index contributed by atoms with van der Waals surface area (Å²) in [4.78, 5) is 25.7. The average molecular weight is 345 g/mol. The molecule has 1 heterocycles. The normalized spacial score (nSPS) is 23.4. The molecule has 1 aromatic rings. The number of thiophene rings is 1. The molecular formula is C14H17BrO3S. The van der Waals surface area contributed by atoms with E-state index >= 15 is 0 Å². The summed E-state index contributed by atoms with van der Waals surface area (Å²) in [5.74, 6) is -0.300. The number of carbonyl (C=O) groups is 2. The van der Waals surface area contributed by atoms with Crippen molar-refractivity contribution in [2.75, 3.05) is 6.61 Å². The number of carbonyl (C=O) groups excluding carboxylic acids is 2. The standard InChI is InChI=1S/C14H17BrO3S/c1-2-18-13(17)14(6-4-3-5-12(14)16)8-11-7-10(15)9-19-11/h7,9H,2-6,8H2,1H3. The SMILES string of the molecule is CCOC(=O)C1(Cc2cc(Br)cs2)CCCCC1=O. The first-order valence-corrected chi connectivity index (χ1v) is 8.19. The van der Waals surface area contributed by atoms with Gasteiger partial charge in [0.1, 0.15) is 5.41 Å². The van der Waals surface area contributed by atoms with E-state index in [9.17, 15) is 9.59 Å². The van der Waals surface area contributed by atoms with Gasteiger partial charge in [0.05, 0.1) is 6.61 Å². The second kappa shape index (κ2) is 6.18. The van der Waals surface area contributed by atoms with Crippen molar-refractivity contribution in [3.8, 4) is 0 Å². The zero-order chi connectivity index (χ0) is 13.9. The predicted octanol–water partition coefficient (Wildman–Crippen LogP) is 3.75. The van der Waals surface area contributed by atoms with Crippen molar-refractivity contribution in [3.63, 3.8) is 0 Å². The highest BCUT2D eigenvalue weighted by atomic mass is 79.9. The molecule has 0 saturated heterocycles. The molecule has 0 amide bonds. The number of hydrogen-bond donors (Lipinski definition) is 0. The van der Waals surface area contributed by atoms with E-state index in [4.69, 9.17) is 4.74 Å². The van der Waals surface area contributed by atoms with Crippen molar-refractivity contribution in [1.29, 1.82) is 0 Å². The van der Waals surface area contributed by atoms with Crippen LogP contribution in [0.15, 0.2) is 15.9 Å². The lowest BCUT2D eigenvalue weighted by Crippen LogP contribution is -2.44. The highest BCUT2D eigenvalue weighted by Crippen LogP contribution is 2.39. The van der Waals surface area contributed by atoms with E-state index in [1.54, 1.807) is 18.3 Å². The van der Waals surface area contributed by atoms with E-state index in [0.29, 0.717) is 25.9 Å². The van der Waals surface area contributed by atoms with Gasteiger partial charge in [-0.1, -0.05) is 6.42 Å². The molecule has 0 bridgehead atoms. The highest BCUT2D eigenvalue weighted by Gasteiger charge is 2.48. The van der Waals surface area contributed by atoms with E-state index < -0.39 is 5.41 Å². The first kappa shape index (κ1) is 14.7. The van der Waals surface area contributed by atoms with Crippen LogP contribution in [-0.4, -0.2) is 18.4 Å². The Bertz CT molecular complexity index is 483. The van der Waals surface area contributed by atoms with Crippen LogP contribution in [0.2, 0.25) is 0 Å². The monoisotopic (exact) mass is 344 g/mol. The van der Waals surface area contributed by atoms with Gasteiger partial charge in [-0.2, -0.15) is 0 Å². The molecule has 1 aliphatic rings. The van der Waals surface area contributed by atoms with Crippen molar-refractivity contribution in [2.45, 2.75) is 39.0 Å². The quantitative estimate of drug-likeness (QED) is 0.617. The Morgan fingerprint density at radius 1 is 1.53 bits per heavy atom. The van der Waals surface area contributed by atoms with Gasteiger partial charge >= 0.3 is 5.97 Å². The topological polar surface area (TPSA) is 43.4 Å². The number of halogens is 1. The summed E-state index contributed by atoms with van der Waals surface area (Å²) in [6.07, 6.45) is 3.37. The lowest BCUT2D eigenvalue weighted by Gasteiger charge is -2.32. The van der Waals surface area contributed by atoms with Gasteiger partial charge in [0, 0.05) is 27.6 Å². The van der Waals surface area contributed by atoms with Crippen LogP contribution in [0.4, 0.5) is 0 Å². The Morgan fingerprint density at radius 2 is 2.32 bits per heavy atom. The van der Waals surface area contributed by atoms with Crippen molar-refractivity contribution in [3.05, 3.63) is 20.8 Å². The van der Waals surface area contributed by atoms with Crippen molar-refractivity contribution < 1.29 is 14.3 Å². The number of Topliss-reactive ketones (excluding diaryl/α,β-unsaturated/α-hetero) is 1. The third kappa shape index (κ3) is 3.08. The molecule has 1 aliphatic carbocycles. The molecule has 1 aromatic heterocycles. The summed E-state index contributed by atoms with van der Waals surface area (Å²) >= 11 is 4.98. The molecule has 0 aromatic carbocycles. The van der Waals surface area contributed by atoms with Gasteiger partial charge in [0.25, 0.3) is 0 Å². The number of ketones is 1. The first-order chi connectivity index (χ1) is 9.08. The molecule has 0 radical (unpaired) electrons. The van der Waals surface area contributed by atoms with Gasteiger partial charge in [0.15, 0.2) is 5.78 Å². The highest BCUT2D eigenvalue weighted by molar-refractivity contribution is 9.10. The third-order valence-corrected chi connectivity index (χ3v) is 5.25. The molecule has 104 valence electrons. The first-order valence-electron chi connectivity index (χ1n) is 6.52. The summed E-state index contributed by atoms with van der Waals surface area (Å²) < 4.78 is 6.16. The number of rotatable bonds is 4. The zero-order valence-corrected chi connectivity index (χ0v) is 13.3. The van der Waals surface area contributed by atoms with Crippen LogP contribution in [-0.2, 0) is 20.7 Å². The molecular weight excluding hydrogens is 328 g/mol. The molecule has 19 heavy (non-hydrogen) atoms. The second-order valence-corrected chi connectivity index (χ2v) is 6.75. The summed E-state index contributed by atoms with van der Waals surface area (Å²) in [7, 11) is 0. The van der Waals surface area contributed by atoms with Crippen molar-refractivity contribution in [2.24, 2.45) is 5.41 Å². The minimum atomic E-state index is -0.946. The van der Waals surface area contributed by atoms with E-state index in [1.165, 1.54) is 0 Å². The van der Waals surface area contributed by atoms with E-state index in [2.05, 4.69) is 15.9 Å². The van der Waals surface area contributed by atoms with E-state index in [0.717, 1.165) is 22.2 Å². The van der Waals surface area contributed by atoms with Gasteiger partial charge in [-0.25, -0.2) is 0 Å². The van der Waals surface area contributed by atoms with Crippen molar-refractivity contribution in [1.82, 2.24) is 0 Å². The fourth-order valence-electron chi connectivity index (χ4n) is 2.58. The Balaban J connectivity index is 2.27. The minimum Gasteiger partial charge on any atom is -0.465 e. The molecule has 1 saturated carbocycles. The summed E-state index contributed by atoms with van der Waals surface area (Å²) in [5, 5.41) is 1.97. The molecule has 5 heteroatoms. The maximum absolute atomic E-state index is 12.3. The summed E-state index contributed by atoms with van der Waals surface area (Å²) in [6, 6.07) is 1.98. The number of ether oxygens (including phenoxy) is 1.